The van der Waals surface area contributed by atoms with Crippen molar-refractivity contribution in [1.82, 2.24) is 24.0 Å². The Morgan fingerprint density at radius 3 is 2.45 bits per heavy atom. The van der Waals surface area contributed by atoms with E-state index in [0.717, 1.165) is 12.8 Å². The third kappa shape index (κ3) is 4.27. The van der Waals surface area contributed by atoms with Gasteiger partial charge in [-0.3, -0.25) is 14.3 Å². The SMILES string of the molecule is CCCCn1nc(C)c(C(=O)N2CCN(S(=O)(=O)c3sc(=O)[nH]c3C)CC2)c1Cl. The van der Waals surface area contributed by atoms with Crippen LogP contribution in [-0.4, -0.2) is 64.5 Å². The van der Waals surface area contributed by atoms with Gasteiger partial charge in [0.15, 0.2) is 4.21 Å². The zero-order valence-electron chi connectivity index (χ0n) is 16.6. The van der Waals surface area contributed by atoms with E-state index in [9.17, 15) is 18.0 Å². The van der Waals surface area contributed by atoms with Crippen molar-refractivity contribution in [2.24, 2.45) is 0 Å². The molecule has 0 spiro atoms. The number of hydrogen-bond acceptors (Lipinski definition) is 6. The lowest BCUT2D eigenvalue weighted by Gasteiger charge is -2.33. The van der Waals surface area contributed by atoms with Crippen molar-refractivity contribution in [3.63, 3.8) is 0 Å². The first-order valence-electron chi connectivity index (χ1n) is 9.38. The number of aryl methyl sites for hydroxylation is 3. The average molecular weight is 462 g/mol. The van der Waals surface area contributed by atoms with E-state index in [1.54, 1.807) is 23.4 Å². The summed E-state index contributed by atoms with van der Waals surface area (Å²) in [4.78, 5) is 28.2. The summed E-state index contributed by atoms with van der Waals surface area (Å²) >= 11 is 7.08. The number of sulfonamides is 1. The number of nitrogens with zero attached hydrogens (tertiary/aromatic N) is 4. The van der Waals surface area contributed by atoms with E-state index in [4.69, 9.17) is 11.6 Å². The van der Waals surface area contributed by atoms with Crippen molar-refractivity contribution < 1.29 is 13.2 Å². The van der Waals surface area contributed by atoms with Crippen LogP contribution < -0.4 is 4.87 Å². The van der Waals surface area contributed by atoms with Crippen LogP contribution in [0.2, 0.25) is 5.15 Å². The molecule has 0 saturated carbocycles. The van der Waals surface area contributed by atoms with Crippen LogP contribution >= 0.6 is 22.9 Å². The Bertz CT molecular complexity index is 1060. The van der Waals surface area contributed by atoms with Crippen LogP contribution in [0.1, 0.15) is 41.5 Å². The summed E-state index contributed by atoms with van der Waals surface area (Å²) in [5.74, 6) is -0.241. The summed E-state index contributed by atoms with van der Waals surface area (Å²) in [7, 11) is -3.77. The van der Waals surface area contributed by atoms with E-state index in [1.165, 1.54) is 4.31 Å². The Labute approximate surface area is 178 Å². The van der Waals surface area contributed by atoms with Gasteiger partial charge >= 0.3 is 4.87 Å². The number of amides is 1. The van der Waals surface area contributed by atoms with Crippen molar-refractivity contribution in [1.29, 1.82) is 0 Å². The zero-order chi connectivity index (χ0) is 21.3. The maximum absolute atomic E-state index is 13.0. The lowest BCUT2D eigenvalue weighted by atomic mass is 10.2. The molecule has 1 N–H and O–H groups in total. The first-order chi connectivity index (χ1) is 13.7. The van der Waals surface area contributed by atoms with Gasteiger partial charge in [-0.25, -0.2) is 8.42 Å². The Kier molecular flexibility index (Phi) is 6.51. The molecule has 3 rings (SSSR count). The molecule has 0 unspecified atom stereocenters. The molecule has 160 valence electrons. The topological polar surface area (TPSA) is 108 Å². The Morgan fingerprint density at radius 2 is 1.90 bits per heavy atom. The van der Waals surface area contributed by atoms with Gasteiger partial charge in [0.1, 0.15) is 5.15 Å². The van der Waals surface area contributed by atoms with E-state index >= 15 is 0 Å². The second-order valence-electron chi connectivity index (χ2n) is 6.95. The number of aromatic amines is 1. The monoisotopic (exact) mass is 461 g/mol. The molecule has 1 amide bonds. The maximum Gasteiger partial charge on any atom is 0.305 e. The van der Waals surface area contributed by atoms with Gasteiger partial charge < -0.3 is 9.88 Å². The van der Waals surface area contributed by atoms with Crippen molar-refractivity contribution in [2.75, 3.05) is 26.2 Å². The third-order valence-corrected chi connectivity index (χ3v) is 8.75. The number of carbonyl (C=O) groups is 1. The maximum atomic E-state index is 13.0. The number of hydrogen-bond donors (Lipinski definition) is 1. The Morgan fingerprint density at radius 1 is 1.24 bits per heavy atom. The Hall–Kier alpha value is -1.69. The zero-order valence-corrected chi connectivity index (χ0v) is 19.0. The molecule has 0 radical (unpaired) electrons. The molecule has 0 aliphatic carbocycles. The standard InChI is InChI=1S/C17H24ClN5O4S2/c1-4-5-6-23-14(18)13(11(2)20-23)15(24)21-7-9-22(10-8-21)29(26,27)16-12(3)19-17(25)28-16/h4-10H2,1-3H3,(H,19,25). The van der Waals surface area contributed by atoms with Gasteiger partial charge in [-0.2, -0.15) is 9.40 Å². The smallest absolute Gasteiger partial charge is 0.305 e. The minimum Gasteiger partial charge on any atom is -0.336 e. The lowest BCUT2D eigenvalue weighted by molar-refractivity contribution is 0.0697. The van der Waals surface area contributed by atoms with Gasteiger partial charge in [-0.1, -0.05) is 36.3 Å². The van der Waals surface area contributed by atoms with Crippen LogP contribution in [0.3, 0.4) is 0 Å². The molecule has 2 aromatic rings. The second kappa shape index (κ2) is 8.58. The van der Waals surface area contributed by atoms with Gasteiger partial charge in [0, 0.05) is 38.4 Å². The quantitative estimate of drug-likeness (QED) is 0.706. The summed E-state index contributed by atoms with van der Waals surface area (Å²) in [5, 5.41) is 4.69. The molecular formula is C17H24ClN5O4S2. The number of piperazine rings is 1. The fraction of sp³-hybridized carbons (Fsp3) is 0.588. The highest BCUT2D eigenvalue weighted by molar-refractivity contribution is 7.91. The number of carbonyl (C=O) groups excluding carboxylic acids is 1. The molecule has 0 aromatic carbocycles. The van der Waals surface area contributed by atoms with Crippen LogP contribution in [0.15, 0.2) is 9.00 Å². The largest absolute Gasteiger partial charge is 0.336 e. The molecule has 1 aliphatic heterocycles. The van der Waals surface area contributed by atoms with Crippen LogP contribution in [-0.2, 0) is 16.6 Å². The predicted octanol–water partition coefficient (Wildman–Crippen LogP) is 1.85. The summed E-state index contributed by atoms with van der Waals surface area (Å²) < 4.78 is 28.6. The summed E-state index contributed by atoms with van der Waals surface area (Å²) in [6, 6.07) is 0. The van der Waals surface area contributed by atoms with Crippen LogP contribution in [0.4, 0.5) is 0 Å². The molecule has 9 nitrogen and oxygen atoms in total. The number of H-pyrrole nitrogens is 1. The van der Waals surface area contributed by atoms with Gasteiger partial charge in [-0.05, 0) is 20.3 Å². The van der Waals surface area contributed by atoms with Crippen molar-refractivity contribution in [3.05, 3.63) is 31.8 Å². The molecule has 3 heterocycles. The van der Waals surface area contributed by atoms with Gasteiger partial charge in [0.2, 0.25) is 0 Å². The third-order valence-electron chi connectivity index (χ3n) is 4.88. The Balaban J connectivity index is 1.73. The van der Waals surface area contributed by atoms with Gasteiger partial charge in [0.25, 0.3) is 15.9 Å². The molecule has 2 aromatic heterocycles. The first kappa shape index (κ1) is 22.0. The average Bonchev–Trinajstić information content (AvgIpc) is 3.17. The second-order valence-corrected chi connectivity index (χ2v) is 10.4. The van der Waals surface area contributed by atoms with Gasteiger partial charge in [-0.15, -0.1) is 0 Å². The van der Waals surface area contributed by atoms with Crippen molar-refractivity contribution >= 4 is 38.9 Å². The number of thiazole rings is 1. The van der Waals surface area contributed by atoms with E-state index in [0.29, 0.717) is 40.0 Å². The van der Waals surface area contributed by atoms with Crippen LogP contribution in [0.25, 0.3) is 0 Å². The lowest BCUT2D eigenvalue weighted by Crippen LogP contribution is -2.50. The van der Waals surface area contributed by atoms with Crippen LogP contribution in [0, 0.1) is 13.8 Å². The molecule has 1 saturated heterocycles. The highest BCUT2D eigenvalue weighted by atomic mass is 35.5. The van der Waals surface area contributed by atoms with Crippen molar-refractivity contribution in [3.8, 4) is 0 Å². The molecule has 0 atom stereocenters. The number of nitrogens with one attached hydrogen (secondary N) is 1. The first-order valence-corrected chi connectivity index (χ1v) is 12.0. The van der Waals surface area contributed by atoms with E-state index in [-0.39, 0.29) is 36.3 Å². The minimum absolute atomic E-state index is 0.0263. The van der Waals surface area contributed by atoms with E-state index in [1.807, 2.05) is 0 Å². The molecule has 1 aliphatic rings. The van der Waals surface area contributed by atoms with Crippen molar-refractivity contribution in [2.45, 2.75) is 44.4 Å². The molecule has 29 heavy (non-hydrogen) atoms. The summed E-state index contributed by atoms with van der Waals surface area (Å²) in [6.45, 7) is 6.81. The van der Waals surface area contributed by atoms with Crippen LogP contribution in [0.5, 0.6) is 0 Å². The van der Waals surface area contributed by atoms with E-state index in [2.05, 4.69) is 17.0 Å². The fourth-order valence-electron chi connectivity index (χ4n) is 3.30. The highest BCUT2D eigenvalue weighted by Crippen LogP contribution is 2.25. The minimum atomic E-state index is -3.77. The predicted molar refractivity (Wildman–Crippen MR) is 111 cm³/mol. The highest BCUT2D eigenvalue weighted by Gasteiger charge is 2.34. The normalized spacial score (nSPS) is 15.8. The summed E-state index contributed by atoms with van der Waals surface area (Å²) in [5.41, 5.74) is 1.28. The molecular weight excluding hydrogens is 438 g/mol. The molecule has 1 fully saturated rings. The molecule has 0 bridgehead atoms. The molecule has 12 heteroatoms. The van der Waals surface area contributed by atoms with E-state index < -0.39 is 14.9 Å². The number of unbranched alkanes of at least 4 members (excludes halogenated alkanes) is 1. The summed E-state index contributed by atoms with van der Waals surface area (Å²) in [6.07, 6.45) is 1.90. The fourth-order valence-corrected chi connectivity index (χ4v) is 6.49. The number of aromatic nitrogens is 3. The number of halogens is 1. The number of rotatable bonds is 6. The van der Waals surface area contributed by atoms with Gasteiger partial charge in [0.05, 0.1) is 11.3 Å².